The quantitative estimate of drug-likeness (QED) is 0.107. The van der Waals surface area contributed by atoms with E-state index >= 15 is 0 Å². The van der Waals surface area contributed by atoms with E-state index in [-0.39, 0.29) is 23.0 Å². The Balaban J connectivity index is 1.58. The van der Waals surface area contributed by atoms with Gasteiger partial charge in [0.05, 0.1) is 11.5 Å². The molecule has 0 fully saturated rings. The fourth-order valence-corrected chi connectivity index (χ4v) is 4.82. The van der Waals surface area contributed by atoms with E-state index < -0.39 is 5.97 Å². The fourth-order valence-electron chi connectivity index (χ4n) is 3.82. The molecule has 0 radical (unpaired) electrons. The molecule has 8 heteroatoms. The van der Waals surface area contributed by atoms with E-state index in [0.717, 1.165) is 34.4 Å². The van der Waals surface area contributed by atoms with E-state index in [4.69, 9.17) is 9.15 Å². The summed E-state index contributed by atoms with van der Waals surface area (Å²) >= 11 is 1.57. The molecule has 3 aromatic carbocycles. The van der Waals surface area contributed by atoms with Gasteiger partial charge in [0, 0.05) is 41.1 Å². The molecule has 1 heterocycles. The number of hydrogen-bond donors (Lipinski definition) is 0. The van der Waals surface area contributed by atoms with Crippen molar-refractivity contribution in [2.24, 2.45) is 0 Å². The van der Waals surface area contributed by atoms with Gasteiger partial charge in [0.1, 0.15) is 5.58 Å². The number of carbonyl (C=O) groups excluding carboxylic acids is 1. The number of esters is 1. The number of nitrogens with zero attached hydrogens (tertiary/aromatic N) is 2. The van der Waals surface area contributed by atoms with E-state index in [1.165, 1.54) is 11.6 Å². The van der Waals surface area contributed by atoms with Crippen LogP contribution in [0.3, 0.4) is 0 Å². The maximum atomic E-state index is 12.2. The van der Waals surface area contributed by atoms with E-state index in [1.807, 2.05) is 49.4 Å². The van der Waals surface area contributed by atoms with Gasteiger partial charge in [0.25, 0.3) is 5.69 Å². The zero-order valence-electron chi connectivity index (χ0n) is 19.6. The van der Waals surface area contributed by atoms with Gasteiger partial charge >= 0.3 is 5.97 Å². The standard InChI is InChI=1S/C27H26N2O5S/c1-3-33-27(30)26-19(2)24-17-23(12-13-25(24)34-26)35-28(15-14-20-8-5-4-6-9-20)18-21-10-7-11-22(16-21)29(31)32/h4-13,16-17H,3,14-15,18H2,1-2H3. The van der Waals surface area contributed by atoms with E-state index in [2.05, 4.69) is 16.4 Å². The number of rotatable bonds is 10. The maximum absolute atomic E-state index is 12.2. The van der Waals surface area contributed by atoms with Crippen LogP contribution < -0.4 is 0 Å². The van der Waals surface area contributed by atoms with Crippen LogP contribution >= 0.6 is 11.9 Å². The monoisotopic (exact) mass is 490 g/mol. The molecule has 0 bridgehead atoms. The summed E-state index contributed by atoms with van der Waals surface area (Å²) in [5.41, 5.74) is 3.54. The summed E-state index contributed by atoms with van der Waals surface area (Å²) in [6.07, 6.45) is 0.836. The SMILES string of the molecule is CCOC(=O)c1oc2ccc(SN(CCc3ccccc3)Cc3cccc([N+](=O)[O-])c3)cc2c1C. The third-order valence-electron chi connectivity index (χ3n) is 5.58. The third kappa shape index (κ3) is 6.09. The first kappa shape index (κ1) is 24.5. The largest absolute Gasteiger partial charge is 0.460 e. The molecular weight excluding hydrogens is 464 g/mol. The zero-order chi connectivity index (χ0) is 24.8. The summed E-state index contributed by atoms with van der Waals surface area (Å²) in [4.78, 5) is 24.1. The van der Waals surface area contributed by atoms with Gasteiger partial charge in [0.2, 0.25) is 5.76 Å². The van der Waals surface area contributed by atoms with Gasteiger partial charge < -0.3 is 9.15 Å². The predicted octanol–water partition coefficient (Wildman–Crippen LogP) is 6.58. The number of aryl methyl sites for hydroxylation is 1. The lowest BCUT2D eigenvalue weighted by Gasteiger charge is -2.21. The first-order chi connectivity index (χ1) is 16.9. The molecule has 0 saturated heterocycles. The van der Waals surface area contributed by atoms with E-state index in [9.17, 15) is 14.9 Å². The van der Waals surface area contributed by atoms with Crippen molar-refractivity contribution >= 4 is 34.6 Å². The van der Waals surface area contributed by atoms with Crippen LogP contribution in [0.1, 0.15) is 34.2 Å². The van der Waals surface area contributed by atoms with E-state index in [1.54, 1.807) is 31.0 Å². The van der Waals surface area contributed by atoms with Crippen molar-refractivity contribution in [2.45, 2.75) is 31.7 Å². The average Bonchev–Trinajstić information content (AvgIpc) is 3.19. The van der Waals surface area contributed by atoms with Crippen LogP contribution in [0.5, 0.6) is 0 Å². The number of furan rings is 1. The molecule has 0 aliphatic heterocycles. The lowest BCUT2D eigenvalue weighted by Crippen LogP contribution is -2.18. The summed E-state index contributed by atoms with van der Waals surface area (Å²) in [5.74, 6) is -0.243. The zero-order valence-corrected chi connectivity index (χ0v) is 20.4. The van der Waals surface area contributed by atoms with Crippen molar-refractivity contribution in [1.29, 1.82) is 0 Å². The van der Waals surface area contributed by atoms with Gasteiger partial charge in [0.15, 0.2) is 0 Å². The Labute approximate surface area is 208 Å². The Hall–Kier alpha value is -3.62. The lowest BCUT2D eigenvalue weighted by molar-refractivity contribution is -0.384. The number of carbonyl (C=O) groups is 1. The van der Waals surface area contributed by atoms with Crippen molar-refractivity contribution in [3.8, 4) is 0 Å². The van der Waals surface area contributed by atoms with Crippen molar-refractivity contribution < 1.29 is 18.9 Å². The molecule has 0 N–H and O–H groups in total. The van der Waals surface area contributed by atoms with Crippen molar-refractivity contribution in [3.63, 3.8) is 0 Å². The van der Waals surface area contributed by atoms with Crippen LogP contribution in [0.4, 0.5) is 5.69 Å². The Morgan fingerprint density at radius 2 is 1.83 bits per heavy atom. The Bertz CT molecular complexity index is 1340. The summed E-state index contributed by atoms with van der Waals surface area (Å²) in [7, 11) is 0. The number of ether oxygens (including phenoxy) is 1. The third-order valence-corrected chi connectivity index (χ3v) is 6.61. The second kappa shape index (κ2) is 11.2. The van der Waals surface area contributed by atoms with Crippen molar-refractivity contribution in [2.75, 3.05) is 13.2 Å². The summed E-state index contributed by atoms with van der Waals surface area (Å²) < 4.78 is 13.0. The smallest absolute Gasteiger partial charge is 0.374 e. The van der Waals surface area contributed by atoms with Crippen LogP contribution in [0.2, 0.25) is 0 Å². The molecule has 0 atom stereocenters. The summed E-state index contributed by atoms with van der Waals surface area (Å²) in [5, 5.41) is 12.1. The van der Waals surface area contributed by atoms with E-state index in [0.29, 0.717) is 12.1 Å². The van der Waals surface area contributed by atoms with Gasteiger partial charge in [-0.3, -0.25) is 10.1 Å². The molecule has 0 aliphatic rings. The molecule has 4 aromatic rings. The average molecular weight is 491 g/mol. The molecule has 0 spiro atoms. The Kier molecular flexibility index (Phi) is 7.84. The highest BCUT2D eigenvalue weighted by molar-refractivity contribution is 7.97. The van der Waals surface area contributed by atoms with Crippen LogP contribution in [-0.4, -0.2) is 28.3 Å². The van der Waals surface area contributed by atoms with Gasteiger partial charge in [-0.2, -0.15) is 0 Å². The van der Waals surface area contributed by atoms with Crippen LogP contribution in [0.15, 0.2) is 82.1 Å². The minimum absolute atomic E-state index is 0.0810. The highest BCUT2D eigenvalue weighted by atomic mass is 32.2. The van der Waals surface area contributed by atoms with Crippen LogP contribution in [-0.2, 0) is 17.7 Å². The molecule has 1 aromatic heterocycles. The molecular formula is C27H26N2O5S. The van der Waals surface area contributed by atoms with Crippen LogP contribution in [0.25, 0.3) is 11.0 Å². The highest BCUT2D eigenvalue weighted by Gasteiger charge is 2.20. The number of hydrogen-bond acceptors (Lipinski definition) is 7. The first-order valence-electron chi connectivity index (χ1n) is 11.3. The molecule has 7 nitrogen and oxygen atoms in total. The fraction of sp³-hybridized carbons (Fsp3) is 0.222. The number of nitro groups is 1. The summed E-state index contributed by atoms with van der Waals surface area (Å²) in [6.45, 7) is 5.17. The number of benzene rings is 3. The molecule has 0 unspecified atom stereocenters. The second-order valence-corrected chi connectivity index (χ2v) is 9.22. The first-order valence-corrected chi connectivity index (χ1v) is 12.1. The number of nitro benzene ring substituents is 1. The number of non-ortho nitro benzene ring substituents is 1. The molecule has 35 heavy (non-hydrogen) atoms. The van der Waals surface area contributed by atoms with Gasteiger partial charge in [-0.05, 0) is 61.5 Å². The Morgan fingerprint density at radius 1 is 1.06 bits per heavy atom. The highest BCUT2D eigenvalue weighted by Crippen LogP contribution is 2.32. The minimum Gasteiger partial charge on any atom is -0.460 e. The normalized spacial score (nSPS) is 11.2. The molecule has 180 valence electrons. The Morgan fingerprint density at radius 3 is 2.57 bits per heavy atom. The lowest BCUT2D eigenvalue weighted by atomic mass is 10.1. The van der Waals surface area contributed by atoms with Gasteiger partial charge in [-0.15, -0.1) is 0 Å². The maximum Gasteiger partial charge on any atom is 0.374 e. The van der Waals surface area contributed by atoms with Gasteiger partial charge in [-0.25, -0.2) is 9.10 Å². The van der Waals surface area contributed by atoms with Crippen molar-refractivity contribution in [3.05, 3.63) is 105 Å². The second-order valence-electron chi connectivity index (χ2n) is 8.05. The molecule has 0 amide bonds. The minimum atomic E-state index is -0.467. The summed E-state index contributed by atoms with van der Waals surface area (Å²) in [6, 6.07) is 22.8. The van der Waals surface area contributed by atoms with Crippen molar-refractivity contribution in [1.82, 2.24) is 4.31 Å². The number of fused-ring (bicyclic) bond motifs is 1. The van der Waals surface area contributed by atoms with Gasteiger partial charge in [-0.1, -0.05) is 42.5 Å². The molecule has 4 rings (SSSR count). The van der Waals surface area contributed by atoms with Crippen LogP contribution in [0, 0.1) is 17.0 Å². The topological polar surface area (TPSA) is 85.8 Å². The molecule has 0 saturated carbocycles. The molecule has 0 aliphatic carbocycles. The predicted molar refractivity (Wildman–Crippen MR) is 136 cm³/mol.